The number of benzene rings is 2. The molecule has 2 aromatic heterocycles. The van der Waals surface area contributed by atoms with E-state index >= 15 is 0 Å². The van der Waals surface area contributed by atoms with Gasteiger partial charge >= 0.3 is 59.1 Å². The maximum Gasteiger partial charge on any atom is 1.00 e. The zero-order valence-corrected chi connectivity index (χ0v) is 23.7. The molecule has 2 heterocycles. The van der Waals surface area contributed by atoms with Gasteiger partial charge in [0.25, 0.3) is 0 Å². The van der Waals surface area contributed by atoms with Crippen molar-refractivity contribution in [1.29, 1.82) is 0 Å². The molecular weight excluding hydrogens is 474 g/mol. The Hall–Kier alpha value is -0.400. The minimum atomic E-state index is -4.22. The first-order chi connectivity index (χ1) is 14.1. The molecule has 0 fully saturated rings. The van der Waals surface area contributed by atoms with E-state index in [1.54, 1.807) is 0 Å². The number of aromatic nitrogens is 2. The Balaban J connectivity index is 0.00000181. The molecule has 0 radical (unpaired) electrons. The van der Waals surface area contributed by atoms with Crippen LogP contribution in [0.25, 0.3) is 32.3 Å². The van der Waals surface area contributed by atoms with Crippen molar-refractivity contribution in [3.63, 3.8) is 0 Å². The van der Waals surface area contributed by atoms with Gasteiger partial charge in [-0.1, -0.05) is 0 Å². The second-order valence-corrected chi connectivity index (χ2v) is 10.5. The molecule has 2 aromatic carbocycles. The summed E-state index contributed by atoms with van der Waals surface area (Å²) in [5, 5.41) is 6.20. The van der Waals surface area contributed by atoms with Gasteiger partial charge in [-0.2, -0.15) is 0 Å². The molecule has 0 atom stereocenters. The number of hydrogen-bond acceptors (Lipinski definition) is 6. The number of nitrogens with zero attached hydrogens (tertiary/aromatic N) is 2. The predicted octanol–water partition coefficient (Wildman–Crippen LogP) is -4.96. The van der Waals surface area contributed by atoms with E-state index in [1.807, 2.05) is 58.2 Å². The Bertz CT molecular complexity index is 1280. The Kier molecular flexibility index (Phi) is 9.48. The summed E-state index contributed by atoms with van der Waals surface area (Å²) in [5.41, 5.74) is 0. The molecule has 0 amide bonds. The minimum Gasteiger partial charge on any atom is -0.748 e. The van der Waals surface area contributed by atoms with E-state index in [0.29, 0.717) is 13.1 Å². The van der Waals surface area contributed by atoms with Gasteiger partial charge in [-0.25, -0.2) is 26.0 Å². The minimum absolute atomic E-state index is 0. The second-order valence-electron chi connectivity index (χ2n) is 7.46. The summed E-state index contributed by atoms with van der Waals surface area (Å²) in [5.74, 6) is -0.780. The Morgan fingerprint density at radius 2 is 0.875 bits per heavy atom. The third-order valence-corrected chi connectivity index (χ3v) is 6.71. The summed E-state index contributed by atoms with van der Waals surface area (Å²) in [7, 11) is -8.44. The van der Waals surface area contributed by atoms with Crippen molar-refractivity contribution in [2.24, 2.45) is 0 Å². The van der Waals surface area contributed by atoms with Crippen molar-refractivity contribution in [1.82, 2.24) is 0 Å². The maximum atomic E-state index is 10.8. The van der Waals surface area contributed by atoms with Crippen LogP contribution in [0.4, 0.5) is 0 Å². The third kappa shape index (κ3) is 6.82. The number of rotatable bonds is 8. The maximum absolute atomic E-state index is 10.8. The Morgan fingerprint density at radius 1 is 0.594 bits per heavy atom. The number of pyridine rings is 2. The zero-order chi connectivity index (χ0) is 21.5. The first kappa shape index (κ1) is 27.8. The second kappa shape index (κ2) is 10.9. The average molecular weight is 495 g/mol. The number of aryl methyl sites for hydroxylation is 2. The number of hydrogen-bond donors (Lipinski definition) is 0. The van der Waals surface area contributed by atoms with Crippen molar-refractivity contribution in [2.45, 2.75) is 25.9 Å². The van der Waals surface area contributed by atoms with Crippen molar-refractivity contribution < 1.29 is 94.2 Å². The molecule has 0 N–H and O–H groups in total. The van der Waals surface area contributed by atoms with Crippen LogP contribution in [-0.4, -0.2) is 37.4 Å². The van der Waals surface area contributed by atoms with E-state index < -0.39 is 31.7 Å². The van der Waals surface area contributed by atoms with Crippen molar-refractivity contribution in [3.8, 4) is 0 Å². The van der Waals surface area contributed by atoms with Gasteiger partial charge in [-0.15, -0.1) is 0 Å². The van der Waals surface area contributed by atoms with Crippen molar-refractivity contribution in [3.05, 3.63) is 49.1 Å². The molecule has 0 bridgehead atoms. The molecule has 0 aliphatic rings. The molecule has 0 unspecified atom stereocenters. The van der Waals surface area contributed by atoms with Crippen LogP contribution < -0.4 is 68.2 Å². The molecule has 0 spiro atoms. The van der Waals surface area contributed by atoms with E-state index in [9.17, 15) is 25.9 Å². The van der Waals surface area contributed by atoms with Gasteiger partial charge in [0.2, 0.25) is 0 Å². The quantitative estimate of drug-likeness (QED) is 0.105. The van der Waals surface area contributed by atoms with Gasteiger partial charge in [-0.3, -0.25) is 0 Å². The standard InChI is InChI=1S/C20H20N2O6S2.2Na/c23-29(24,25)9-1-7-21-11-15-3-5-17-13-22(8-2-10-30(26,27)28)14-18-6-4-16(12-21)19(15)20(17)18;;/h3-6,11-14H,1-2,7-10H2;;/q;2*+1. The zero-order valence-electron chi connectivity index (χ0n) is 18.0. The fourth-order valence-corrected chi connectivity index (χ4v) is 4.89. The van der Waals surface area contributed by atoms with Crippen LogP contribution in [0.1, 0.15) is 12.8 Å². The van der Waals surface area contributed by atoms with Gasteiger partial charge in [0.1, 0.15) is 13.1 Å². The first-order valence-corrected chi connectivity index (χ1v) is 12.6. The van der Waals surface area contributed by atoms with Gasteiger partial charge in [0.15, 0.2) is 24.8 Å². The van der Waals surface area contributed by atoms with Crippen molar-refractivity contribution in [2.75, 3.05) is 11.5 Å². The summed E-state index contributed by atoms with van der Waals surface area (Å²) in [4.78, 5) is 0. The van der Waals surface area contributed by atoms with Crippen LogP contribution in [0, 0.1) is 0 Å². The van der Waals surface area contributed by atoms with E-state index in [2.05, 4.69) is 0 Å². The fourth-order valence-electron chi connectivity index (χ4n) is 3.93. The summed E-state index contributed by atoms with van der Waals surface area (Å²) >= 11 is 0. The SMILES string of the molecule is O=S(=O)([O-])CCC[n+]1cc2ccc3c[n+](CCCS(=O)(=O)[O-])cc4ccc(c1)c2c34.[Na+].[Na+]. The molecule has 12 heteroatoms. The molecule has 0 aliphatic heterocycles. The monoisotopic (exact) mass is 494 g/mol. The fraction of sp³-hybridized carbons (Fsp3) is 0.300. The van der Waals surface area contributed by atoms with Crippen LogP contribution >= 0.6 is 0 Å². The molecule has 0 saturated carbocycles. The smallest absolute Gasteiger partial charge is 0.748 e. The van der Waals surface area contributed by atoms with E-state index in [0.717, 1.165) is 32.3 Å². The normalized spacial score (nSPS) is 12.2. The van der Waals surface area contributed by atoms with E-state index in [-0.39, 0.29) is 72.0 Å². The largest absolute Gasteiger partial charge is 1.00 e. The molecule has 32 heavy (non-hydrogen) atoms. The Labute approximate surface area is 231 Å². The molecule has 4 rings (SSSR count). The summed E-state index contributed by atoms with van der Waals surface area (Å²) in [6.07, 6.45) is 8.28. The van der Waals surface area contributed by atoms with Crippen LogP contribution in [0.15, 0.2) is 49.1 Å². The average Bonchev–Trinajstić information content (AvgIpc) is 2.63. The first-order valence-electron chi connectivity index (χ1n) is 9.47. The molecular formula is C20H20N2Na2O6S2+2. The van der Waals surface area contributed by atoms with Crippen molar-refractivity contribution >= 4 is 52.6 Å². The van der Waals surface area contributed by atoms with Crippen LogP contribution in [0.3, 0.4) is 0 Å². The van der Waals surface area contributed by atoms with Gasteiger partial charge in [0, 0.05) is 56.7 Å². The van der Waals surface area contributed by atoms with Crippen LogP contribution in [0.5, 0.6) is 0 Å². The van der Waals surface area contributed by atoms with E-state index in [4.69, 9.17) is 0 Å². The van der Waals surface area contributed by atoms with E-state index in [1.165, 1.54) is 0 Å². The molecule has 8 nitrogen and oxygen atoms in total. The Morgan fingerprint density at radius 3 is 1.12 bits per heavy atom. The van der Waals surface area contributed by atoms with Gasteiger partial charge < -0.3 is 9.11 Å². The van der Waals surface area contributed by atoms with Gasteiger partial charge in [-0.05, 0) is 24.3 Å². The topological polar surface area (TPSA) is 122 Å². The third-order valence-electron chi connectivity index (χ3n) is 5.13. The summed E-state index contributed by atoms with van der Waals surface area (Å²) in [6, 6.07) is 7.93. The molecule has 158 valence electrons. The molecule has 4 aromatic rings. The predicted molar refractivity (Wildman–Crippen MR) is 109 cm³/mol. The molecule has 0 saturated heterocycles. The van der Waals surface area contributed by atoms with Crippen LogP contribution in [-0.2, 0) is 33.3 Å². The molecule has 0 aliphatic carbocycles. The van der Waals surface area contributed by atoms with Crippen LogP contribution in [0.2, 0.25) is 0 Å². The van der Waals surface area contributed by atoms with Gasteiger partial charge in [0.05, 0.1) is 20.2 Å². The summed E-state index contributed by atoms with van der Waals surface area (Å²) < 4.78 is 68.8. The summed E-state index contributed by atoms with van der Waals surface area (Å²) in [6.45, 7) is 0.862.